The zero-order chi connectivity index (χ0) is 31.9. The molecule has 0 amide bonds. The first-order valence-corrected chi connectivity index (χ1v) is 15.8. The Kier molecular flexibility index (Phi) is 8.60. The maximum absolute atomic E-state index is 14.8. The Morgan fingerprint density at radius 2 is 1.80 bits per heavy atom. The zero-order valence-corrected chi connectivity index (χ0v) is 26.0. The standard InChI is InChI=1S/C33H40F5N7/c1-4-26-14-27(19-44(26)30-21(2)15-39-22(3)42-30)45(31-40-16-28(17-41-31)43-10-8-32(20-43)6-7-32)18-23-11-24(29(35)5-9-34)13-25(12-23)33(36,37)38/h11-13,15-17,26-27,29H,4-10,14,18-20H2,1-3H3. The van der Waals surface area contributed by atoms with Gasteiger partial charge in [-0.15, -0.1) is 0 Å². The predicted octanol–water partition coefficient (Wildman–Crippen LogP) is 7.33. The lowest BCUT2D eigenvalue weighted by atomic mass is 10.00. The van der Waals surface area contributed by atoms with E-state index in [1.54, 1.807) is 18.6 Å². The third-order valence-electron chi connectivity index (χ3n) is 9.70. The van der Waals surface area contributed by atoms with E-state index in [2.05, 4.69) is 21.7 Å². The van der Waals surface area contributed by atoms with E-state index in [1.807, 2.05) is 18.7 Å². The molecular formula is C33H40F5N7. The highest BCUT2D eigenvalue weighted by Gasteiger charge is 2.48. The molecule has 0 bridgehead atoms. The lowest BCUT2D eigenvalue weighted by molar-refractivity contribution is -0.137. The molecule has 1 saturated carbocycles. The molecule has 3 aromatic rings. The largest absolute Gasteiger partial charge is 0.416 e. The first-order chi connectivity index (χ1) is 21.5. The first kappa shape index (κ1) is 31.4. The van der Waals surface area contributed by atoms with Crippen molar-refractivity contribution < 1.29 is 22.0 Å². The average molecular weight is 630 g/mol. The summed E-state index contributed by atoms with van der Waals surface area (Å²) < 4.78 is 69.7. The van der Waals surface area contributed by atoms with Crippen LogP contribution in [-0.4, -0.2) is 58.3 Å². The fourth-order valence-electron chi connectivity index (χ4n) is 6.92. The molecule has 45 heavy (non-hydrogen) atoms. The van der Waals surface area contributed by atoms with Gasteiger partial charge in [0.15, 0.2) is 0 Å². The van der Waals surface area contributed by atoms with Gasteiger partial charge < -0.3 is 14.7 Å². The van der Waals surface area contributed by atoms with E-state index in [9.17, 15) is 22.0 Å². The second-order valence-corrected chi connectivity index (χ2v) is 13.0. The number of hydrogen-bond donors (Lipinski definition) is 0. The monoisotopic (exact) mass is 629 g/mol. The van der Waals surface area contributed by atoms with Crippen LogP contribution in [0.4, 0.5) is 39.4 Å². The number of halogens is 5. The van der Waals surface area contributed by atoms with Crippen LogP contribution >= 0.6 is 0 Å². The summed E-state index contributed by atoms with van der Waals surface area (Å²) >= 11 is 0. The predicted molar refractivity (Wildman–Crippen MR) is 164 cm³/mol. The van der Waals surface area contributed by atoms with E-state index in [4.69, 9.17) is 15.0 Å². The molecule has 4 heterocycles. The van der Waals surface area contributed by atoms with E-state index < -0.39 is 31.0 Å². The van der Waals surface area contributed by atoms with Crippen LogP contribution in [0, 0.1) is 19.3 Å². The third-order valence-corrected chi connectivity index (χ3v) is 9.70. The number of aromatic nitrogens is 4. The van der Waals surface area contributed by atoms with Crippen LogP contribution in [0.5, 0.6) is 0 Å². The molecule has 2 saturated heterocycles. The summed E-state index contributed by atoms with van der Waals surface area (Å²) in [6.07, 6.45) is 3.59. The van der Waals surface area contributed by atoms with Gasteiger partial charge in [0.2, 0.25) is 5.95 Å². The lowest BCUT2D eigenvalue weighted by Gasteiger charge is -2.30. The van der Waals surface area contributed by atoms with Gasteiger partial charge in [0.05, 0.1) is 36.4 Å². The smallest absolute Gasteiger partial charge is 0.368 e. The number of benzene rings is 1. The third kappa shape index (κ3) is 6.70. The molecule has 7 nitrogen and oxygen atoms in total. The Morgan fingerprint density at radius 3 is 2.44 bits per heavy atom. The molecule has 3 aliphatic rings. The Morgan fingerprint density at radius 1 is 1.04 bits per heavy atom. The molecule has 6 rings (SSSR count). The van der Waals surface area contributed by atoms with Gasteiger partial charge in [-0.1, -0.05) is 13.0 Å². The molecule has 2 aromatic heterocycles. The van der Waals surface area contributed by atoms with Gasteiger partial charge in [0.25, 0.3) is 0 Å². The molecule has 0 N–H and O–H groups in total. The van der Waals surface area contributed by atoms with Gasteiger partial charge in [-0.25, -0.2) is 24.3 Å². The van der Waals surface area contributed by atoms with Crippen molar-refractivity contribution in [1.82, 2.24) is 19.9 Å². The molecule has 2 aliphatic heterocycles. The van der Waals surface area contributed by atoms with Crippen molar-refractivity contribution >= 4 is 17.5 Å². The van der Waals surface area contributed by atoms with Crippen molar-refractivity contribution in [2.75, 3.05) is 41.0 Å². The maximum Gasteiger partial charge on any atom is 0.416 e. The number of hydrogen-bond acceptors (Lipinski definition) is 7. The molecule has 0 radical (unpaired) electrons. The Labute approximate surface area is 260 Å². The van der Waals surface area contributed by atoms with E-state index in [0.29, 0.717) is 30.2 Å². The number of anilines is 3. The van der Waals surface area contributed by atoms with Crippen LogP contribution in [0.3, 0.4) is 0 Å². The SMILES string of the molecule is CCC1CC(N(Cc2cc(C(F)CCF)cc(C(F)(F)F)c2)c2ncc(N3CCC4(CC4)C3)cn2)CN1c1nc(C)ncc1C. The van der Waals surface area contributed by atoms with E-state index >= 15 is 0 Å². The zero-order valence-electron chi connectivity index (χ0n) is 26.0. The summed E-state index contributed by atoms with van der Waals surface area (Å²) in [6.45, 7) is 7.48. The van der Waals surface area contributed by atoms with Crippen molar-refractivity contribution in [3.8, 4) is 0 Å². The molecule has 1 aromatic carbocycles. The molecule has 242 valence electrons. The quantitative estimate of drug-likeness (QED) is 0.218. The first-order valence-electron chi connectivity index (χ1n) is 15.8. The second kappa shape index (κ2) is 12.3. The van der Waals surface area contributed by atoms with Crippen molar-refractivity contribution in [3.05, 3.63) is 64.9 Å². The van der Waals surface area contributed by atoms with Gasteiger partial charge in [0, 0.05) is 50.4 Å². The van der Waals surface area contributed by atoms with Crippen LogP contribution in [0.1, 0.15) is 79.7 Å². The molecule has 3 unspecified atom stereocenters. The topological polar surface area (TPSA) is 61.3 Å². The highest BCUT2D eigenvalue weighted by Crippen LogP contribution is 2.53. The minimum absolute atomic E-state index is 0.0299. The van der Waals surface area contributed by atoms with Crippen LogP contribution < -0.4 is 14.7 Å². The molecule has 12 heteroatoms. The number of nitrogens with zero attached hydrogens (tertiary/aromatic N) is 7. The van der Waals surface area contributed by atoms with E-state index in [1.165, 1.54) is 18.9 Å². The van der Waals surface area contributed by atoms with Crippen LogP contribution in [0.15, 0.2) is 36.8 Å². The number of aryl methyl sites for hydroxylation is 2. The summed E-state index contributed by atoms with van der Waals surface area (Å²) in [5.41, 5.74) is 1.44. The fourth-order valence-corrected chi connectivity index (χ4v) is 6.92. The summed E-state index contributed by atoms with van der Waals surface area (Å²) in [4.78, 5) is 25.0. The Balaban J connectivity index is 1.35. The van der Waals surface area contributed by atoms with E-state index in [-0.39, 0.29) is 29.8 Å². The van der Waals surface area contributed by atoms with Crippen LogP contribution in [-0.2, 0) is 12.7 Å². The summed E-state index contributed by atoms with van der Waals surface area (Å²) in [5.74, 6) is 1.89. The van der Waals surface area contributed by atoms with E-state index in [0.717, 1.165) is 55.1 Å². The summed E-state index contributed by atoms with van der Waals surface area (Å²) in [5, 5.41) is 0. The normalized spacial score (nSPS) is 21.5. The van der Waals surface area contributed by atoms with Gasteiger partial charge in [-0.3, -0.25) is 4.39 Å². The summed E-state index contributed by atoms with van der Waals surface area (Å²) in [6, 6.07) is 3.21. The molecular weight excluding hydrogens is 589 g/mol. The molecule has 3 fully saturated rings. The second-order valence-electron chi connectivity index (χ2n) is 13.0. The molecule has 3 atom stereocenters. The highest BCUT2D eigenvalue weighted by molar-refractivity contribution is 5.51. The van der Waals surface area contributed by atoms with Gasteiger partial charge in [-0.2, -0.15) is 13.2 Å². The van der Waals surface area contributed by atoms with Gasteiger partial charge in [0.1, 0.15) is 17.8 Å². The van der Waals surface area contributed by atoms with Gasteiger partial charge >= 0.3 is 6.18 Å². The Bertz CT molecular complexity index is 1490. The Hall–Kier alpha value is -3.57. The van der Waals surface area contributed by atoms with Crippen LogP contribution in [0.25, 0.3) is 0 Å². The molecule has 1 spiro atoms. The summed E-state index contributed by atoms with van der Waals surface area (Å²) in [7, 11) is 0. The van der Waals surface area contributed by atoms with Crippen molar-refractivity contribution in [3.63, 3.8) is 0 Å². The number of rotatable bonds is 10. The minimum Gasteiger partial charge on any atom is -0.368 e. The minimum atomic E-state index is -4.68. The average Bonchev–Trinajstić information content (AvgIpc) is 3.44. The lowest BCUT2D eigenvalue weighted by Crippen LogP contribution is -2.39. The van der Waals surface area contributed by atoms with Crippen molar-refractivity contribution in [2.24, 2.45) is 5.41 Å². The van der Waals surface area contributed by atoms with Crippen molar-refractivity contribution in [2.45, 2.75) is 90.3 Å². The van der Waals surface area contributed by atoms with Gasteiger partial charge in [-0.05, 0) is 74.6 Å². The van der Waals surface area contributed by atoms with Crippen LogP contribution in [0.2, 0.25) is 0 Å². The maximum atomic E-state index is 14.8. The molecule has 1 aliphatic carbocycles. The number of alkyl halides is 5. The fraction of sp³-hybridized carbons (Fsp3) is 0.576. The van der Waals surface area contributed by atoms with Crippen molar-refractivity contribution in [1.29, 1.82) is 0 Å². The highest BCUT2D eigenvalue weighted by atomic mass is 19.4.